The average molecular weight is 443 g/mol. The lowest BCUT2D eigenvalue weighted by molar-refractivity contribution is -0.116. The van der Waals surface area contributed by atoms with Crippen molar-refractivity contribution in [3.05, 3.63) is 0 Å². The monoisotopic (exact) mass is 442 g/mol. The maximum absolute atomic E-state index is 6.06. The van der Waals surface area contributed by atoms with Crippen molar-refractivity contribution < 1.29 is 37.9 Å². The second kappa shape index (κ2) is 10.3. The molecule has 8 nitrogen and oxygen atoms in total. The summed E-state index contributed by atoms with van der Waals surface area (Å²) in [6.07, 6.45) is 6.87. The van der Waals surface area contributed by atoms with E-state index in [0.29, 0.717) is 75.9 Å². The predicted octanol–water partition coefficient (Wildman–Crippen LogP) is 2.27. The minimum Gasteiger partial charge on any atom is -0.376 e. The molecule has 10 unspecified atom stereocenters. The Labute approximate surface area is 185 Å². The van der Waals surface area contributed by atoms with Gasteiger partial charge in [0.05, 0.1) is 64.1 Å². The van der Waals surface area contributed by atoms with Crippen LogP contribution in [0.2, 0.25) is 0 Å². The lowest BCUT2D eigenvalue weighted by atomic mass is 9.89. The Morgan fingerprint density at radius 2 is 1.61 bits per heavy atom. The summed E-state index contributed by atoms with van der Waals surface area (Å²) < 4.78 is 46.5. The molecule has 5 rings (SSSR count). The van der Waals surface area contributed by atoms with Crippen LogP contribution in [0.15, 0.2) is 0 Å². The molecule has 0 spiro atoms. The Kier molecular flexibility index (Phi) is 7.47. The van der Waals surface area contributed by atoms with Gasteiger partial charge in [-0.2, -0.15) is 0 Å². The summed E-state index contributed by atoms with van der Waals surface area (Å²) in [6.45, 7) is 7.64. The summed E-state index contributed by atoms with van der Waals surface area (Å²) in [5, 5.41) is 0. The third-order valence-corrected chi connectivity index (χ3v) is 7.24. The highest BCUT2D eigenvalue weighted by atomic mass is 16.7. The van der Waals surface area contributed by atoms with Crippen LogP contribution in [0.3, 0.4) is 0 Å². The third kappa shape index (κ3) is 5.98. The molecule has 178 valence electrons. The van der Waals surface area contributed by atoms with Crippen LogP contribution in [0.1, 0.15) is 46.0 Å². The Balaban J connectivity index is 0.893. The second-order valence-corrected chi connectivity index (χ2v) is 9.64. The third-order valence-electron chi connectivity index (χ3n) is 7.24. The van der Waals surface area contributed by atoms with Crippen molar-refractivity contribution in [3.63, 3.8) is 0 Å². The number of epoxide rings is 2. The fourth-order valence-corrected chi connectivity index (χ4v) is 5.09. The molecule has 10 atom stereocenters. The standard InChI is InChI=1S/C23H38O8/c1-3-15(8-20-14(2)28-20)22-26-12-17(29-22)10-24-6-7-25-11-18-13-27-23(30-18)16-4-5-19-21(9-16)31-19/h14-23H,3-13H2,1-2H3. The van der Waals surface area contributed by atoms with Gasteiger partial charge in [0.2, 0.25) is 0 Å². The predicted molar refractivity (Wildman–Crippen MR) is 110 cm³/mol. The van der Waals surface area contributed by atoms with E-state index in [9.17, 15) is 0 Å². The van der Waals surface area contributed by atoms with Gasteiger partial charge >= 0.3 is 0 Å². The van der Waals surface area contributed by atoms with Crippen molar-refractivity contribution in [3.8, 4) is 0 Å². The van der Waals surface area contributed by atoms with Gasteiger partial charge in [0.15, 0.2) is 12.6 Å². The van der Waals surface area contributed by atoms with E-state index in [1.54, 1.807) is 0 Å². The Morgan fingerprint density at radius 3 is 2.32 bits per heavy atom. The highest BCUT2D eigenvalue weighted by Gasteiger charge is 2.47. The van der Waals surface area contributed by atoms with E-state index in [4.69, 9.17) is 37.9 Å². The molecule has 0 aromatic rings. The molecule has 31 heavy (non-hydrogen) atoms. The van der Waals surface area contributed by atoms with Crippen LogP contribution in [0.5, 0.6) is 0 Å². The first-order chi connectivity index (χ1) is 15.2. The van der Waals surface area contributed by atoms with E-state index in [1.165, 1.54) is 0 Å². The largest absolute Gasteiger partial charge is 0.376 e. The van der Waals surface area contributed by atoms with Crippen molar-refractivity contribution in [2.75, 3.05) is 39.6 Å². The van der Waals surface area contributed by atoms with E-state index in [0.717, 1.165) is 32.1 Å². The summed E-state index contributed by atoms with van der Waals surface area (Å²) in [6, 6.07) is 0. The van der Waals surface area contributed by atoms with Crippen molar-refractivity contribution >= 4 is 0 Å². The summed E-state index contributed by atoms with van der Waals surface area (Å²) in [7, 11) is 0. The van der Waals surface area contributed by atoms with Crippen LogP contribution in [-0.4, -0.2) is 88.8 Å². The van der Waals surface area contributed by atoms with Gasteiger partial charge in [-0.05, 0) is 39.0 Å². The van der Waals surface area contributed by atoms with Gasteiger partial charge in [-0.1, -0.05) is 6.92 Å². The minimum atomic E-state index is -0.139. The Bertz CT molecular complexity index is 576. The first kappa shape index (κ1) is 22.5. The van der Waals surface area contributed by atoms with Gasteiger partial charge in [0, 0.05) is 11.8 Å². The summed E-state index contributed by atoms with van der Waals surface area (Å²) in [4.78, 5) is 0. The van der Waals surface area contributed by atoms with Gasteiger partial charge in [0.1, 0.15) is 12.2 Å². The first-order valence-corrected chi connectivity index (χ1v) is 12.2. The molecule has 0 bridgehead atoms. The lowest BCUT2D eigenvalue weighted by Crippen LogP contribution is -2.28. The fourth-order valence-electron chi connectivity index (χ4n) is 5.09. The normalized spacial score (nSPS) is 44.9. The molecule has 8 heteroatoms. The number of rotatable bonds is 12. The van der Waals surface area contributed by atoms with Crippen molar-refractivity contribution in [2.45, 2.75) is 95.2 Å². The quantitative estimate of drug-likeness (QED) is 0.336. The SMILES string of the molecule is CCC(CC1OC1C)C1OCC(COCCOCC2COC(C3CCC4OC4C3)O2)O1. The number of ether oxygens (including phenoxy) is 8. The number of hydrogen-bond acceptors (Lipinski definition) is 8. The van der Waals surface area contributed by atoms with Gasteiger partial charge in [-0.15, -0.1) is 0 Å². The van der Waals surface area contributed by atoms with Crippen molar-refractivity contribution in [2.24, 2.45) is 11.8 Å². The fraction of sp³-hybridized carbons (Fsp3) is 1.00. The molecule has 4 saturated heterocycles. The van der Waals surface area contributed by atoms with Gasteiger partial charge in [0.25, 0.3) is 0 Å². The summed E-state index contributed by atoms with van der Waals surface area (Å²) in [5.41, 5.74) is 0. The molecular weight excluding hydrogens is 404 g/mol. The maximum atomic E-state index is 6.06. The molecule has 0 radical (unpaired) electrons. The van der Waals surface area contributed by atoms with E-state index in [2.05, 4.69) is 13.8 Å². The summed E-state index contributed by atoms with van der Waals surface area (Å²) in [5.74, 6) is 0.842. The van der Waals surface area contributed by atoms with E-state index in [1.807, 2.05) is 0 Å². The molecule has 4 aliphatic heterocycles. The smallest absolute Gasteiger partial charge is 0.161 e. The first-order valence-electron chi connectivity index (χ1n) is 12.2. The van der Waals surface area contributed by atoms with E-state index in [-0.39, 0.29) is 24.8 Å². The molecule has 0 aromatic carbocycles. The zero-order chi connectivity index (χ0) is 21.2. The maximum Gasteiger partial charge on any atom is 0.161 e. The van der Waals surface area contributed by atoms with Crippen LogP contribution < -0.4 is 0 Å². The molecule has 1 saturated carbocycles. The van der Waals surface area contributed by atoms with Crippen LogP contribution >= 0.6 is 0 Å². The average Bonchev–Trinajstić information content (AvgIpc) is 3.56. The molecule has 0 amide bonds. The van der Waals surface area contributed by atoms with Crippen LogP contribution in [0, 0.1) is 11.8 Å². The van der Waals surface area contributed by atoms with E-state index < -0.39 is 0 Å². The topological polar surface area (TPSA) is 80.4 Å². The number of hydrogen-bond donors (Lipinski definition) is 0. The zero-order valence-corrected chi connectivity index (χ0v) is 18.8. The van der Waals surface area contributed by atoms with E-state index >= 15 is 0 Å². The molecular formula is C23H38O8. The Morgan fingerprint density at radius 1 is 0.871 bits per heavy atom. The Hall–Kier alpha value is -0.320. The minimum absolute atomic E-state index is 0.00513. The highest BCUT2D eigenvalue weighted by molar-refractivity contribution is 4.93. The van der Waals surface area contributed by atoms with Gasteiger partial charge < -0.3 is 37.9 Å². The van der Waals surface area contributed by atoms with Crippen LogP contribution in [0.4, 0.5) is 0 Å². The highest BCUT2D eigenvalue weighted by Crippen LogP contribution is 2.42. The zero-order valence-electron chi connectivity index (χ0n) is 18.8. The van der Waals surface area contributed by atoms with Crippen LogP contribution in [0.25, 0.3) is 0 Å². The van der Waals surface area contributed by atoms with Crippen LogP contribution in [-0.2, 0) is 37.9 Å². The van der Waals surface area contributed by atoms with Gasteiger partial charge in [-0.25, -0.2) is 0 Å². The number of fused-ring (bicyclic) bond motifs is 1. The molecule has 0 N–H and O–H groups in total. The summed E-state index contributed by atoms with van der Waals surface area (Å²) >= 11 is 0. The molecule has 1 aliphatic carbocycles. The molecule has 5 aliphatic rings. The second-order valence-electron chi connectivity index (χ2n) is 9.64. The molecule has 0 aromatic heterocycles. The van der Waals surface area contributed by atoms with Crippen molar-refractivity contribution in [1.29, 1.82) is 0 Å². The van der Waals surface area contributed by atoms with Gasteiger partial charge in [-0.3, -0.25) is 0 Å². The lowest BCUT2D eigenvalue weighted by Gasteiger charge is -2.24. The molecule has 5 fully saturated rings. The van der Waals surface area contributed by atoms with Crippen molar-refractivity contribution in [1.82, 2.24) is 0 Å². The molecule has 4 heterocycles.